The minimum Gasteiger partial charge on any atom is -0.339 e. The predicted octanol–water partition coefficient (Wildman–Crippen LogP) is 3.13. The maximum absolute atomic E-state index is 12.8. The summed E-state index contributed by atoms with van der Waals surface area (Å²) in [5, 5.41) is 0. The van der Waals surface area contributed by atoms with Crippen LogP contribution in [0.15, 0.2) is 30.3 Å². The van der Waals surface area contributed by atoms with Crippen molar-refractivity contribution in [3.05, 3.63) is 35.9 Å². The molecule has 2 aliphatic rings. The first kappa shape index (κ1) is 15.5. The van der Waals surface area contributed by atoms with Crippen molar-refractivity contribution in [3.8, 4) is 0 Å². The molecule has 0 aromatic heterocycles. The Balaban J connectivity index is 1.56. The summed E-state index contributed by atoms with van der Waals surface area (Å²) in [4.78, 5) is 15.0. The quantitative estimate of drug-likeness (QED) is 0.928. The predicted molar refractivity (Wildman–Crippen MR) is 89.4 cm³/mol. The van der Waals surface area contributed by atoms with E-state index in [0.29, 0.717) is 11.9 Å². The molecule has 2 N–H and O–H groups in total. The number of carbonyl (C=O) groups excluding carboxylic acids is 1. The van der Waals surface area contributed by atoms with E-state index < -0.39 is 0 Å². The molecule has 2 fully saturated rings. The largest absolute Gasteiger partial charge is 0.339 e. The molecule has 1 aliphatic carbocycles. The van der Waals surface area contributed by atoms with Gasteiger partial charge in [0.15, 0.2) is 0 Å². The zero-order valence-electron chi connectivity index (χ0n) is 13.4. The van der Waals surface area contributed by atoms with Crippen LogP contribution >= 0.6 is 0 Å². The molecule has 3 atom stereocenters. The molecule has 1 aliphatic heterocycles. The molecule has 0 unspecified atom stereocenters. The van der Waals surface area contributed by atoms with Crippen molar-refractivity contribution >= 4 is 5.91 Å². The summed E-state index contributed by atoms with van der Waals surface area (Å²) in [7, 11) is 0. The fourth-order valence-electron chi connectivity index (χ4n) is 4.09. The van der Waals surface area contributed by atoms with Gasteiger partial charge in [0.2, 0.25) is 5.91 Å². The number of amides is 1. The molecule has 1 amide bonds. The van der Waals surface area contributed by atoms with E-state index in [1.54, 1.807) is 0 Å². The number of nitrogens with zero attached hydrogens (tertiary/aromatic N) is 1. The Bertz CT molecular complexity index is 487. The number of nitrogens with two attached hydrogens (primary N) is 1. The summed E-state index contributed by atoms with van der Waals surface area (Å²) < 4.78 is 0. The summed E-state index contributed by atoms with van der Waals surface area (Å²) in [6.07, 6.45) is 8.60. The maximum atomic E-state index is 12.8. The Kier molecular flexibility index (Phi) is 5.14. The molecule has 0 bridgehead atoms. The lowest BCUT2D eigenvalue weighted by Gasteiger charge is -2.32. The summed E-state index contributed by atoms with van der Waals surface area (Å²) in [6, 6.07) is 11.3. The van der Waals surface area contributed by atoms with Crippen molar-refractivity contribution in [3.63, 3.8) is 0 Å². The first-order chi connectivity index (χ1) is 10.7. The molecule has 0 radical (unpaired) electrons. The Morgan fingerprint density at radius 2 is 1.95 bits per heavy atom. The average molecular weight is 300 g/mol. The molecule has 1 aromatic carbocycles. The molecule has 22 heavy (non-hydrogen) atoms. The van der Waals surface area contributed by atoms with Gasteiger partial charge in [-0.2, -0.15) is 0 Å². The van der Waals surface area contributed by atoms with Crippen LogP contribution in [0, 0.1) is 5.92 Å². The van der Waals surface area contributed by atoms with Crippen molar-refractivity contribution in [2.24, 2.45) is 11.7 Å². The van der Waals surface area contributed by atoms with Crippen LogP contribution in [0.25, 0.3) is 0 Å². The zero-order valence-corrected chi connectivity index (χ0v) is 13.4. The smallest absolute Gasteiger partial charge is 0.225 e. The van der Waals surface area contributed by atoms with Crippen molar-refractivity contribution in [1.82, 2.24) is 4.90 Å². The summed E-state index contributed by atoms with van der Waals surface area (Å²) in [5.74, 6) is 0.562. The standard InChI is InChI=1S/C19H28N2O/c20-17-9-4-8-16(14-17)19(22)21-13-5-10-18(21)12-11-15-6-2-1-3-7-15/h1-3,6-7,16-18H,4-5,8-14,20H2/t16-,17+,18+/m0/s1. The second-order valence-corrected chi connectivity index (χ2v) is 6.98. The first-order valence-electron chi connectivity index (χ1n) is 8.84. The number of hydrogen-bond donors (Lipinski definition) is 1. The third-order valence-electron chi connectivity index (χ3n) is 5.33. The van der Waals surface area contributed by atoms with E-state index in [9.17, 15) is 4.79 Å². The molecule has 120 valence electrons. The van der Waals surface area contributed by atoms with Gasteiger partial charge in [0.1, 0.15) is 0 Å². The van der Waals surface area contributed by atoms with E-state index in [4.69, 9.17) is 5.73 Å². The lowest BCUT2D eigenvalue weighted by atomic mass is 9.85. The van der Waals surface area contributed by atoms with Gasteiger partial charge in [0, 0.05) is 24.5 Å². The zero-order chi connectivity index (χ0) is 15.4. The highest BCUT2D eigenvalue weighted by Crippen LogP contribution is 2.29. The van der Waals surface area contributed by atoms with Crippen LogP contribution in [0.4, 0.5) is 0 Å². The molecule has 1 saturated heterocycles. The van der Waals surface area contributed by atoms with E-state index in [0.717, 1.165) is 57.9 Å². The van der Waals surface area contributed by atoms with Gasteiger partial charge in [0.25, 0.3) is 0 Å². The fourth-order valence-corrected chi connectivity index (χ4v) is 4.09. The van der Waals surface area contributed by atoms with Gasteiger partial charge in [-0.1, -0.05) is 36.8 Å². The van der Waals surface area contributed by atoms with Gasteiger partial charge in [-0.25, -0.2) is 0 Å². The van der Waals surface area contributed by atoms with Gasteiger partial charge < -0.3 is 10.6 Å². The fraction of sp³-hybridized carbons (Fsp3) is 0.632. The number of hydrogen-bond acceptors (Lipinski definition) is 2. The molecule has 3 heteroatoms. The van der Waals surface area contributed by atoms with Gasteiger partial charge in [-0.3, -0.25) is 4.79 Å². The highest BCUT2D eigenvalue weighted by Gasteiger charge is 2.34. The van der Waals surface area contributed by atoms with Crippen LogP contribution in [0.3, 0.4) is 0 Å². The van der Waals surface area contributed by atoms with Crippen molar-refractivity contribution in [2.45, 2.75) is 63.5 Å². The van der Waals surface area contributed by atoms with E-state index in [1.165, 1.54) is 5.56 Å². The van der Waals surface area contributed by atoms with Crippen molar-refractivity contribution in [2.75, 3.05) is 6.54 Å². The highest BCUT2D eigenvalue weighted by molar-refractivity contribution is 5.79. The van der Waals surface area contributed by atoms with Gasteiger partial charge >= 0.3 is 0 Å². The van der Waals surface area contributed by atoms with E-state index in [-0.39, 0.29) is 12.0 Å². The lowest BCUT2D eigenvalue weighted by molar-refractivity contribution is -0.137. The molecular formula is C19H28N2O. The summed E-state index contributed by atoms with van der Waals surface area (Å²) in [6.45, 7) is 0.948. The number of aryl methyl sites for hydroxylation is 1. The number of carbonyl (C=O) groups is 1. The van der Waals surface area contributed by atoms with E-state index >= 15 is 0 Å². The number of likely N-dealkylation sites (tertiary alicyclic amines) is 1. The van der Waals surface area contributed by atoms with Crippen LogP contribution < -0.4 is 5.73 Å². The third kappa shape index (κ3) is 3.70. The monoisotopic (exact) mass is 300 g/mol. The van der Waals surface area contributed by atoms with Crippen molar-refractivity contribution in [1.29, 1.82) is 0 Å². The molecule has 0 spiro atoms. The topological polar surface area (TPSA) is 46.3 Å². The summed E-state index contributed by atoms with van der Waals surface area (Å²) >= 11 is 0. The van der Waals surface area contributed by atoms with Crippen LogP contribution in [-0.2, 0) is 11.2 Å². The van der Waals surface area contributed by atoms with Crippen LogP contribution in [0.1, 0.15) is 50.5 Å². The minimum absolute atomic E-state index is 0.182. The average Bonchev–Trinajstić information content (AvgIpc) is 3.01. The molecule has 1 heterocycles. The van der Waals surface area contributed by atoms with Crippen LogP contribution in [0.2, 0.25) is 0 Å². The van der Waals surface area contributed by atoms with Gasteiger partial charge in [-0.05, 0) is 50.5 Å². The Hall–Kier alpha value is -1.35. The second-order valence-electron chi connectivity index (χ2n) is 6.98. The second kappa shape index (κ2) is 7.28. The molecular weight excluding hydrogens is 272 g/mol. The molecule has 3 nitrogen and oxygen atoms in total. The molecule has 1 saturated carbocycles. The normalized spacial score (nSPS) is 28.8. The molecule has 1 aromatic rings. The van der Waals surface area contributed by atoms with Crippen LogP contribution in [0.5, 0.6) is 0 Å². The third-order valence-corrected chi connectivity index (χ3v) is 5.33. The number of rotatable bonds is 4. The Morgan fingerprint density at radius 3 is 2.73 bits per heavy atom. The van der Waals surface area contributed by atoms with Crippen molar-refractivity contribution < 1.29 is 4.79 Å². The number of benzene rings is 1. The lowest BCUT2D eigenvalue weighted by Crippen LogP contribution is -2.43. The SMILES string of the molecule is N[C@@H]1CCC[C@H](C(=O)N2CCC[C@@H]2CCc2ccccc2)C1. The van der Waals surface area contributed by atoms with Gasteiger partial charge in [0.05, 0.1) is 0 Å². The Morgan fingerprint density at radius 1 is 1.14 bits per heavy atom. The summed E-state index contributed by atoms with van der Waals surface area (Å²) in [5.41, 5.74) is 7.44. The van der Waals surface area contributed by atoms with Gasteiger partial charge in [-0.15, -0.1) is 0 Å². The van der Waals surface area contributed by atoms with Crippen LogP contribution in [-0.4, -0.2) is 29.4 Å². The maximum Gasteiger partial charge on any atom is 0.225 e. The van der Waals surface area contributed by atoms with E-state index in [1.807, 2.05) is 0 Å². The Labute approximate surface area is 133 Å². The highest BCUT2D eigenvalue weighted by atomic mass is 16.2. The van der Waals surface area contributed by atoms with E-state index in [2.05, 4.69) is 35.2 Å². The molecule has 3 rings (SSSR count). The first-order valence-corrected chi connectivity index (χ1v) is 8.84. The minimum atomic E-state index is 0.182.